The van der Waals surface area contributed by atoms with Crippen LogP contribution in [-0.4, -0.2) is 36.1 Å². The molecule has 1 fully saturated rings. The van der Waals surface area contributed by atoms with Gasteiger partial charge < -0.3 is 10.2 Å². The molecule has 0 radical (unpaired) electrons. The highest BCUT2D eigenvalue weighted by molar-refractivity contribution is 5.38. The lowest BCUT2D eigenvalue weighted by molar-refractivity contribution is -0.137. The van der Waals surface area contributed by atoms with Crippen molar-refractivity contribution in [3.05, 3.63) is 23.9 Å². The number of alkyl halides is 3. The van der Waals surface area contributed by atoms with Crippen molar-refractivity contribution in [3.8, 4) is 0 Å². The summed E-state index contributed by atoms with van der Waals surface area (Å²) in [4.78, 5) is 6.00. The molecule has 0 bridgehead atoms. The summed E-state index contributed by atoms with van der Waals surface area (Å²) in [6.45, 7) is 0. The number of pyridine rings is 1. The maximum Gasteiger partial charge on any atom is 0.417 e. The molecular formula is C13H18F3N3. The lowest BCUT2D eigenvalue weighted by Crippen LogP contribution is -2.39. The lowest BCUT2D eigenvalue weighted by Gasteiger charge is -2.27. The fraction of sp³-hybridized carbons (Fsp3) is 0.615. The Bertz CT molecular complexity index is 414. The molecule has 2 atom stereocenters. The Morgan fingerprint density at radius 2 is 2.00 bits per heavy atom. The lowest BCUT2D eigenvalue weighted by atomic mass is 10.1. The zero-order valence-corrected chi connectivity index (χ0v) is 11.0. The zero-order valence-electron chi connectivity index (χ0n) is 11.0. The van der Waals surface area contributed by atoms with E-state index in [0.29, 0.717) is 11.9 Å². The van der Waals surface area contributed by atoms with Crippen LogP contribution in [0, 0.1) is 0 Å². The summed E-state index contributed by atoms with van der Waals surface area (Å²) in [5.74, 6) is 0.506. The molecule has 1 aliphatic carbocycles. The maximum atomic E-state index is 12.4. The molecule has 1 saturated carbocycles. The van der Waals surface area contributed by atoms with E-state index in [4.69, 9.17) is 0 Å². The van der Waals surface area contributed by atoms with Gasteiger partial charge in [-0.25, -0.2) is 4.98 Å². The largest absolute Gasteiger partial charge is 0.417 e. The normalized spacial score (nSPS) is 23.9. The van der Waals surface area contributed by atoms with E-state index >= 15 is 0 Å². The predicted octanol–water partition coefficient (Wildman–Crippen LogP) is 3.00. The first-order valence-electron chi connectivity index (χ1n) is 6.34. The fourth-order valence-corrected chi connectivity index (χ4v) is 2.56. The van der Waals surface area contributed by atoms with Crippen LogP contribution in [0.3, 0.4) is 0 Å². The van der Waals surface area contributed by atoms with Crippen LogP contribution in [0.2, 0.25) is 0 Å². The topological polar surface area (TPSA) is 28.2 Å². The first-order valence-corrected chi connectivity index (χ1v) is 6.34. The molecule has 19 heavy (non-hydrogen) atoms. The number of rotatable bonds is 3. The van der Waals surface area contributed by atoms with Crippen molar-refractivity contribution < 1.29 is 13.2 Å². The fourth-order valence-electron chi connectivity index (χ4n) is 2.56. The number of hydrogen-bond acceptors (Lipinski definition) is 3. The van der Waals surface area contributed by atoms with E-state index in [-0.39, 0.29) is 6.04 Å². The molecule has 6 heteroatoms. The Kier molecular flexibility index (Phi) is 3.99. The van der Waals surface area contributed by atoms with Gasteiger partial charge in [0.25, 0.3) is 0 Å². The third kappa shape index (κ3) is 3.37. The van der Waals surface area contributed by atoms with Crippen molar-refractivity contribution in [3.63, 3.8) is 0 Å². The second-order valence-electron chi connectivity index (χ2n) is 5.14. The highest BCUT2D eigenvalue weighted by atomic mass is 19.4. The summed E-state index contributed by atoms with van der Waals surface area (Å²) in [5, 5.41) is 3.23. The van der Waals surface area contributed by atoms with Crippen molar-refractivity contribution in [2.24, 2.45) is 0 Å². The molecule has 0 spiro atoms. The molecule has 0 aliphatic heterocycles. The molecule has 1 heterocycles. The number of halogens is 3. The van der Waals surface area contributed by atoms with Gasteiger partial charge in [-0.2, -0.15) is 13.2 Å². The van der Waals surface area contributed by atoms with Crippen LogP contribution in [0.4, 0.5) is 19.0 Å². The number of hydrogen-bond donors (Lipinski definition) is 1. The van der Waals surface area contributed by atoms with Crippen molar-refractivity contribution in [2.45, 2.75) is 37.5 Å². The molecule has 1 N–H and O–H groups in total. The van der Waals surface area contributed by atoms with Gasteiger partial charge >= 0.3 is 6.18 Å². The number of aromatic nitrogens is 1. The number of likely N-dealkylation sites (N-methyl/N-ethyl adjacent to an activating group) is 1. The van der Waals surface area contributed by atoms with E-state index < -0.39 is 11.7 Å². The van der Waals surface area contributed by atoms with Gasteiger partial charge in [-0.3, -0.25) is 0 Å². The first-order chi connectivity index (χ1) is 8.88. The maximum absolute atomic E-state index is 12.4. The van der Waals surface area contributed by atoms with Crippen LogP contribution in [0.5, 0.6) is 0 Å². The van der Waals surface area contributed by atoms with Crippen LogP contribution in [0.25, 0.3) is 0 Å². The van der Waals surface area contributed by atoms with Gasteiger partial charge in [-0.15, -0.1) is 0 Å². The quantitative estimate of drug-likeness (QED) is 0.917. The average Bonchev–Trinajstić information content (AvgIpc) is 2.77. The molecule has 0 aromatic carbocycles. The molecule has 2 rings (SSSR count). The van der Waals surface area contributed by atoms with Crippen molar-refractivity contribution in [1.29, 1.82) is 0 Å². The van der Waals surface area contributed by atoms with Gasteiger partial charge in [0, 0.05) is 18.3 Å². The Morgan fingerprint density at radius 1 is 1.26 bits per heavy atom. The minimum absolute atomic E-state index is 0.249. The molecular weight excluding hydrogens is 255 g/mol. The standard InChI is InChI=1S/C13H18F3N3/c1-19(2)11-5-3-4-10(11)18-12-7-6-9(8-17-12)13(14,15)16/h6-8,10-11H,3-5H2,1-2H3,(H,17,18)/t10-,11-/m1/s1. The molecule has 106 valence electrons. The van der Waals surface area contributed by atoms with Gasteiger partial charge in [-0.1, -0.05) is 0 Å². The average molecular weight is 273 g/mol. The Morgan fingerprint density at radius 3 is 2.53 bits per heavy atom. The number of anilines is 1. The van der Waals surface area contributed by atoms with E-state index in [1.165, 1.54) is 6.07 Å². The first kappa shape index (κ1) is 14.1. The van der Waals surface area contributed by atoms with Gasteiger partial charge in [0.2, 0.25) is 0 Å². The van der Waals surface area contributed by atoms with Crippen LogP contribution in [0.1, 0.15) is 24.8 Å². The van der Waals surface area contributed by atoms with Crippen LogP contribution in [0.15, 0.2) is 18.3 Å². The van der Waals surface area contributed by atoms with Gasteiger partial charge in [-0.05, 0) is 45.5 Å². The summed E-state index contributed by atoms with van der Waals surface area (Å²) in [6.07, 6.45) is -0.203. The van der Waals surface area contributed by atoms with Crippen LogP contribution >= 0.6 is 0 Å². The Labute approximate surface area is 110 Å². The highest BCUT2D eigenvalue weighted by Gasteiger charge is 2.31. The third-order valence-electron chi connectivity index (χ3n) is 3.57. The monoisotopic (exact) mass is 273 g/mol. The predicted molar refractivity (Wildman–Crippen MR) is 68.0 cm³/mol. The molecule has 0 saturated heterocycles. The Balaban J connectivity index is 2.04. The summed E-state index contributed by atoms with van der Waals surface area (Å²) in [6, 6.07) is 3.12. The number of nitrogens with one attached hydrogen (secondary N) is 1. The zero-order chi connectivity index (χ0) is 14.0. The summed E-state index contributed by atoms with van der Waals surface area (Å²) in [7, 11) is 4.04. The van der Waals surface area contributed by atoms with Crippen molar-refractivity contribution in [1.82, 2.24) is 9.88 Å². The van der Waals surface area contributed by atoms with E-state index in [1.807, 2.05) is 14.1 Å². The number of nitrogens with zero attached hydrogens (tertiary/aromatic N) is 2. The molecule has 0 unspecified atom stereocenters. The molecule has 1 aromatic heterocycles. The highest BCUT2D eigenvalue weighted by Crippen LogP contribution is 2.30. The van der Waals surface area contributed by atoms with Gasteiger partial charge in [0.05, 0.1) is 5.56 Å². The molecule has 1 aromatic rings. The second kappa shape index (κ2) is 5.36. The smallest absolute Gasteiger partial charge is 0.366 e. The SMILES string of the molecule is CN(C)[C@@H]1CCC[C@H]1Nc1ccc(C(F)(F)F)cn1. The minimum atomic E-state index is -4.33. The van der Waals surface area contributed by atoms with Gasteiger partial charge in [0.1, 0.15) is 5.82 Å². The van der Waals surface area contributed by atoms with E-state index in [2.05, 4.69) is 15.2 Å². The van der Waals surface area contributed by atoms with Crippen molar-refractivity contribution in [2.75, 3.05) is 19.4 Å². The summed E-state index contributed by atoms with van der Waals surface area (Å²) >= 11 is 0. The van der Waals surface area contributed by atoms with Crippen molar-refractivity contribution >= 4 is 5.82 Å². The second-order valence-corrected chi connectivity index (χ2v) is 5.14. The van der Waals surface area contributed by atoms with Crippen LogP contribution in [-0.2, 0) is 6.18 Å². The Hall–Kier alpha value is -1.30. The van der Waals surface area contributed by atoms with E-state index in [1.54, 1.807) is 0 Å². The van der Waals surface area contributed by atoms with E-state index in [9.17, 15) is 13.2 Å². The molecule has 1 aliphatic rings. The molecule has 3 nitrogen and oxygen atoms in total. The summed E-state index contributed by atoms with van der Waals surface area (Å²) in [5.41, 5.74) is -0.714. The molecule has 0 amide bonds. The van der Waals surface area contributed by atoms with E-state index in [0.717, 1.165) is 31.5 Å². The van der Waals surface area contributed by atoms with Crippen LogP contribution < -0.4 is 5.32 Å². The third-order valence-corrected chi connectivity index (χ3v) is 3.57. The van der Waals surface area contributed by atoms with Gasteiger partial charge in [0.15, 0.2) is 0 Å². The summed E-state index contributed by atoms with van der Waals surface area (Å²) < 4.78 is 37.3. The minimum Gasteiger partial charge on any atom is -0.366 e.